The van der Waals surface area contributed by atoms with Gasteiger partial charge in [-0.15, -0.1) is 0 Å². The molecule has 0 unspecified atom stereocenters. The molecule has 0 aromatic carbocycles. The number of nitrogens with two attached hydrogens (primary N) is 1. The van der Waals surface area contributed by atoms with Gasteiger partial charge in [0.1, 0.15) is 0 Å². The van der Waals surface area contributed by atoms with Crippen LogP contribution in [0.25, 0.3) is 0 Å². The van der Waals surface area contributed by atoms with Crippen molar-refractivity contribution in [3.63, 3.8) is 0 Å². The van der Waals surface area contributed by atoms with E-state index in [4.69, 9.17) is 5.73 Å². The first-order valence-electron chi connectivity index (χ1n) is 3.79. The number of rotatable bonds is 0. The molecule has 1 heterocycles. The molecule has 3 heteroatoms. The smallest absolute Gasteiger partial charge is 0.0893 e. The lowest BCUT2D eigenvalue weighted by atomic mass is 10.0. The van der Waals surface area contributed by atoms with E-state index in [1.54, 1.807) is 6.20 Å². The third-order valence-corrected chi connectivity index (χ3v) is 1.79. The van der Waals surface area contributed by atoms with E-state index in [-0.39, 0.29) is 0 Å². The number of azo groups is 1. The van der Waals surface area contributed by atoms with Crippen LogP contribution < -0.4 is 5.73 Å². The molecule has 0 atom stereocenters. The van der Waals surface area contributed by atoms with Crippen LogP contribution in [0.3, 0.4) is 0 Å². The zero-order valence-corrected chi connectivity index (χ0v) is 6.57. The summed E-state index contributed by atoms with van der Waals surface area (Å²) >= 11 is 0. The van der Waals surface area contributed by atoms with E-state index >= 15 is 0 Å². The molecule has 0 spiro atoms. The number of hydrogen-bond acceptors (Lipinski definition) is 3. The molecule has 0 saturated carbocycles. The van der Waals surface area contributed by atoms with Crippen LogP contribution in [0, 0.1) is 0 Å². The number of nitrogens with zero attached hydrogens (tertiary/aromatic N) is 2. The maximum absolute atomic E-state index is 5.67. The lowest BCUT2D eigenvalue weighted by molar-refractivity contribution is 1.02. The molecule has 0 bridgehead atoms. The Bertz CT molecular complexity index is 343. The van der Waals surface area contributed by atoms with Gasteiger partial charge in [-0.05, 0) is 23.8 Å². The van der Waals surface area contributed by atoms with Gasteiger partial charge in [-0.3, -0.25) is 0 Å². The Kier molecular flexibility index (Phi) is 1.63. The van der Waals surface area contributed by atoms with Crippen molar-refractivity contribution in [3.8, 4) is 0 Å². The summed E-state index contributed by atoms with van der Waals surface area (Å²) in [5, 5.41) is 7.84. The first-order chi connectivity index (χ1) is 5.86. The highest BCUT2D eigenvalue weighted by Gasteiger charge is 2.09. The van der Waals surface area contributed by atoms with Crippen molar-refractivity contribution in [1.29, 1.82) is 0 Å². The summed E-state index contributed by atoms with van der Waals surface area (Å²) in [7, 11) is 0. The lowest BCUT2D eigenvalue weighted by Crippen LogP contribution is -2.03. The van der Waals surface area contributed by atoms with Gasteiger partial charge in [-0.1, -0.05) is 6.08 Å². The van der Waals surface area contributed by atoms with E-state index in [0.717, 1.165) is 23.4 Å². The van der Waals surface area contributed by atoms with Crippen LogP contribution in [0.2, 0.25) is 0 Å². The average Bonchev–Trinajstić information content (AvgIpc) is 2.28. The summed E-state index contributed by atoms with van der Waals surface area (Å²) in [5.74, 6) is 0. The molecular formula is C9H9N3. The molecule has 12 heavy (non-hydrogen) atoms. The first-order valence-corrected chi connectivity index (χ1v) is 3.79. The summed E-state index contributed by atoms with van der Waals surface area (Å²) in [6.07, 6.45) is 10.1. The highest BCUT2D eigenvalue weighted by atomic mass is 15.1. The zero-order valence-electron chi connectivity index (χ0n) is 6.57. The van der Waals surface area contributed by atoms with E-state index in [1.807, 2.05) is 24.3 Å². The molecule has 2 aliphatic rings. The van der Waals surface area contributed by atoms with Gasteiger partial charge in [-0.2, -0.15) is 10.2 Å². The monoisotopic (exact) mass is 159 g/mol. The minimum atomic E-state index is 0.773. The second-order valence-electron chi connectivity index (χ2n) is 2.72. The zero-order chi connectivity index (χ0) is 8.39. The van der Waals surface area contributed by atoms with Crippen LogP contribution >= 0.6 is 0 Å². The molecule has 0 aromatic rings. The number of allylic oxidation sites excluding steroid dienone is 6. The van der Waals surface area contributed by atoms with Crippen molar-refractivity contribution in [2.24, 2.45) is 16.0 Å². The van der Waals surface area contributed by atoms with E-state index in [9.17, 15) is 0 Å². The fraction of sp³-hybridized carbons (Fsp3) is 0.111. The maximum atomic E-state index is 5.67. The fourth-order valence-electron chi connectivity index (χ4n) is 1.20. The molecule has 0 radical (unpaired) electrons. The van der Waals surface area contributed by atoms with Crippen molar-refractivity contribution in [2.45, 2.75) is 6.42 Å². The normalized spacial score (nSPS) is 20.5. The van der Waals surface area contributed by atoms with Gasteiger partial charge in [0, 0.05) is 18.3 Å². The van der Waals surface area contributed by atoms with Gasteiger partial charge in [0.2, 0.25) is 0 Å². The van der Waals surface area contributed by atoms with Crippen LogP contribution in [0.5, 0.6) is 0 Å². The van der Waals surface area contributed by atoms with E-state index in [2.05, 4.69) is 10.2 Å². The minimum absolute atomic E-state index is 0.773. The fourth-order valence-corrected chi connectivity index (χ4v) is 1.20. The number of fused-ring (bicyclic) bond motifs is 1. The molecule has 2 N–H and O–H groups in total. The van der Waals surface area contributed by atoms with Crippen molar-refractivity contribution < 1.29 is 0 Å². The van der Waals surface area contributed by atoms with Crippen molar-refractivity contribution in [3.05, 3.63) is 47.5 Å². The highest BCUT2D eigenvalue weighted by molar-refractivity contribution is 5.42. The van der Waals surface area contributed by atoms with E-state index in [0.29, 0.717) is 0 Å². The molecule has 0 aromatic heterocycles. The summed E-state index contributed by atoms with van der Waals surface area (Å²) in [5.41, 5.74) is 8.59. The topological polar surface area (TPSA) is 50.7 Å². The van der Waals surface area contributed by atoms with Crippen LogP contribution in [-0.2, 0) is 0 Å². The van der Waals surface area contributed by atoms with Crippen LogP contribution in [-0.4, -0.2) is 0 Å². The van der Waals surface area contributed by atoms with Crippen molar-refractivity contribution >= 4 is 0 Å². The van der Waals surface area contributed by atoms with E-state index in [1.165, 1.54) is 0 Å². The van der Waals surface area contributed by atoms with Crippen LogP contribution in [0.4, 0.5) is 0 Å². The summed E-state index contributed by atoms with van der Waals surface area (Å²) in [4.78, 5) is 0. The van der Waals surface area contributed by atoms with Gasteiger partial charge in [-0.25, -0.2) is 0 Å². The summed E-state index contributed by atoms with van der Waals surface area (Å²) < 4.78 is 0. The predicted molar refractivity (Wildman–Crippen MR) is 47.0 cm³/mol. The molecule has 0 saturated heterocycles. The highest BCUT2D eigenvalue weighted by Crippen LogP contribution is 2.24. The third-order valence-electron chi connectivity index (χ3n) is 1.79. The molecule has 1 aliphatic heterocycles. The Labute approximate surface area is 70.7 Å². The Hall–Kier alpha value is -1.64. The van der Waals surface area contributed by atoms with Crippen molar-refractivity contribution in [1.82, 2.24) is 0 Å². The molecule has 60 valence electrons. The van der Waals surface area contributed by atoms with Gasteiger partial charge in [0.25, 0.3) is 0 Å². The Morgan fingerprint density at radius 3 is 3.08 bits per heavy atom. The van der Waals surface area contributed by atoms with Gasteiger partial charge in [0.15, 0.2) is 0 Å². The van der Waals surface area contributed by atoms with Crippen molar-refractivity contribution in [2.75, 3.05) is 0 Å². The quantitative estimate of drug-likeness (QED) is 0.577. The second-order valence-corrected chi connectivity index (χ2v) is 2.72. The average molecular weight is 159 g/mol. The van der Waals surface area contributed by atoms with Gasteiger partial charge >= 0.3 is 0 Å². The molecular weight excluding hydrogens is 150 g/mol. The minimum Gasteiger partial charge on any atom is -0.402 e. The van der Waals surface area contributed by atoms with Gasteiger partial charge < -0.3 is 5.73 Å². The molecule has 3 nitrogen and oxygen atoms in total. The van der Waals surface area contributed by atoms with Crippen LogP contribution in [0.1, 0.15) is 6.42 Å². The Morgan fingerprint density at radius 2 is 2.17 bits per heavy atom. The first kappa shape index (κ1) is 7.03. The third kappa shape index (κ3) is 1.21. The van der Waals surface area contributed by atoms with Crippen LogP contribution in [0.15, 0.2) is 57.7 Å². The Morgan fingerprint density at radius 1 is 1.25 bits per heavy atom. The Balaban J connectivity index is 2.43. The molecule has 1 aliphatic carbocycles. The van der Waals surface area contributed by atoms with E-state index < -0.39 is 0 Å². The predicted octanol–water partition coefficient (Wildman–Crippen LogP) is 2.02. The maximum Gasteiger partial charge on any atom is 0.0893 e. The largest absolute Gasteiger partial charge is 0.402 e. The molecule has 0 amide bonds. The molecule has 2 rings (SSSR count). The molecule has 0 fully saturated rings. The lowest BCUT2D eigenvalue weighted by Gasteiger charge is -2.09. The number of hydrogen-bond donors (Lipinski definition) is 1. The second kappa shape index (κ2) is 2.77. The standard InChI is InChI=1S/C9H9N3/c10-8-3-4-9-7(6-8)2-1-5-11-12-9/h1-5H,6,10H2. The SMILES string of the molecule is NC1=CC=C2N=NC=CC=C2C1. The summed E-state index contributed by atoms with van der Waals surface area (Å²) in [6.45, 7) is 0. The summed E-state index contributed by atoms with van der Waals surface area (Å²) in [6, 6.07) is 0. The van der Waals surface area contributed by atoms with Gasteiger partial charge in [0.05, 0.1) is 5.70 Å².